The minimum Gasteiger partial charge on any atom is -0.155 e. The summed E-state index contributed by atoms with van der Waals surface area (Å²) in [7, 11) is 0. The van der Waals surface area contributed by atoms with Gasteiger partial charge in [-0.3, -0.25) is 0 Å². The smallest absolute Gasteiger partial charge is 0.00496 e. The molecule has 0 nitrogen and oxygen atoms in total. The standard InChI is InChI=1S/C14H30S/c1-5-9-13(10-6-2)15-14(11-7-3)12-8-4/h13-14H,5-12H2,1-4H3. The predicted octanol–water partition coefficient (Wildman–Crippen LogP) is 5.66. The molecule has 0 aromatic heterocycles. The van der Waals surface area contributed by atoms with E-state index in [1.165, 1.54) is 51.4 Å². The molecule has 0 unspecified atom stereocenters. The summed E-state index contributed by atoms with van der Waals surface area (Å²) in [5, 5.41) is 1.87. The molecule has 0 aromatic rings. The van der Waals surface area contributed by atoms with Gasteiger partial charge in [0, 0.05) is 10.5 Å². The highest BCUT2D eigenvalue weighted by Gasteiger charge is 2.14. The lowest BCUT2D eigenvalue weighted by Gasteiger charge is -2.22. The van der Waals surface area contributed by atoms with Gasteiger partial charge in [0.1, 0.15) is 0 Å². The molecule has 0 rings (SSSR count). The highest BCUT2D eigenvalue weighted by molar-refractivity contribution is 8.00. The van der Waals surface area contributed by atoms with Crippen LogP contribution < -0.4 is 0 Å². The van der Waals surface area contributed by atoms with Crippen LogP contribution in [0.5, 0.6) is 0 Å². The van der Waals surface area contributed by atoms with Crippen LogP contribution in [-0.2, 0) is 0 Å². The van der Waals surface area contributed by atoms with Crippen LogP contribution in [0, 0.1) is 0 Å². The van der Waals surface area contributed by atoms with Gasteiger partial charge in [0.05, 0.1) is 0 Å². The minimum absolute atomic E-state index is 0.933. The van der Waals surface area contributed by atoms with E-state index in [0.717, 1.165) is 10.5 Å². The van der Waals surface area contributed by atoms with Gasteiger partial charge in [-0.2, -0.15) is 11.8 Å². The largest absolute Gasteiger partial charge is 0.155 e. The van der Waals surface area contributed by atoms with Gasteiger partial charge in [-0.25, -0.2) is 0 Å². The summed E-state index contributed by atoms with van der Waals surface area (Å²) < 4.78 is 0. The zero-order chi connectivity index (χ0) is 11.5. The Morgan fingerprint density at radius 2 is 0.867 bits per heavy atom. The zero-order valence-corrected chi connectivity index (χ0v) is 12.0. The molecule has 0 aliphatic carbocycles. The van der Waals surface area contributed by atoms with Crippen LogP contribution in [-0.4, -0.2) is 10.5 Å². The summed E-state index contributed by atoms with van der Waals surface area (Å²) in [5.41, 5.74) is 0. The van der Waals surface area contributed by atoms with E-state index in [-0.39, 0.29) is 0 Å². The maximum Gasteiger partial charge on any atom is 0.00496 e. The quantitative estimate of drug-likeness (QED) is 0.467. The van der Waals surface area contributed by atoms with Crippen molar-refractivity contribution >= 4 is 11.8 Å². The second-order valence-electron chi connectivity index (χ2n) is 4.53. The summed E-state index contributed by atoms with van der Waals surface area (Å²) in [5.74, 6) is 0. The molecule has 0 spiro atoms. The van der Waals surface area contributed by atoms with Gasteiger partial charge >= 0.3 is 0 Å². The van der Waals surface area contributed by atoms with Gasteiger partial charge in [-0.1, -0.05) is 53.4 Å². The van der Waals surface area contributed by atoms with Crippen molar-refractivity contribution in [2.75, 3.05) is 0 Å². The molecule has 0 bridgehead atoms. The Kier molecular flexibility index (Phi) is 11.1. The molecule has 0 heterocycles. The van der Waals surface area contributed by atoms with Crippen molar-refractivity contribution < 1.29 is 0 Å². The molecular weight excluding hydrogens is 200 g/mol. The topological polar surface area (TPSA) is 0 Å². The molecule has 0 saturated carbocycles. The van der Waals surface area contributed by atoms with E-state index in [0.29, 0.717) is 0 Å². The summed E-state index contributed by atoms with van der Waals surface area (Å²) in [6, 6.07) is 0. The van der Waals surface area contributed by atoms with Crippen LogP contribution in [0.25, 0.3) is 0 Å². The number of hydrogen-bond donors (Lipinski definition) is 0. The SMILES string of the molecule is CCCC(CCC)SC(CCC)CCC. The Morgan fingerprint density at radius 1 is 0.600 bits per heavy atom. The molecule has 0 N–H and O–H groups in total. The van der Waals surface area contributed by atoms with Crippen LogP contribution in [0.15, 0.2) is 0 Å². The van der Waals surface area contributed by atoms with Gasteiger partial charge in [-0.05, 0) is 25.7 Å². The first-order chi connectivity index (χ1) is 7.28. The molecule has 0 saturated heterocycles. The van der Waals surface area contributed by atoms with E-state index in [1.807, 2.05) is 0 Å². The lowest BCUT2D eigenvalue weighted by molar-refractivity contribution is 0.641. The number of rotatable bonds is 10. The zero-order valence-electron chi connectivity index (χ0n) is 11.2. The van der Waals surface area contributed by atoms with Crippen LogP contribution in [0.4, 0.5) is 0 Å². The first kappa shape index (κ1) is 15.3. The molecule has 0 radical (unpaired) electrons. The fourth-order valence-corrected chi connectivity index (χ4v) is 4.15. The summed E-state index contributed by atoms with van der Waals surface area (Å²) in [4.78, 5) is 0. The fourth-order valence-electron chi connectivity index (χ4n) is 2.12. The van der Waals surface area contributed by atoms with Crippen molar-refractivity contribution in [2.24, 2.45) is 0 Å². The van der Waals surface area contributed by atoms with Gasteiger partial charge in [0.2, 0.25) is 0 Å². The van der Waals surface area contributed by atoms with E-state index in [9.17, 15) is 0 Å². The second-order valence-corrected chi connectivity index (χ2v) is 6.14. The van der Waals surface area contributed by atoms with E-state index in [4.69, 9.17) is 0 Å². The Labute approximate surface area is 102 Å². The first-order valence-corrected chi connectivity index (χ1v) is 7.88. The molecule has 0 aromatic carbocycles. The van der Waals surface area contributed by atoms with E-state index >= 15 is 0 Å². The summed E-state index contributed by atoms with van der Waals surface area (Å²) >= 11 is 2.29. The van der Waals surface area contributed by atoms with Crippen LogP contribution >= 0.6 is 11.8 Å². The molecular formula is C14H30S. The average Bonchev–Trinajstić information content (AvgIpc) is 2.19. The normalized spacial score (nSPS) is 11.6. The number of hydrogen-bond acceptors (Lipinski definition) is 1. The molecule has 0 fully saturated rings. The van der Waals surface area contributed by atoms with Gasteiger partial charge in [0.15, 0.2) is 0 Å². The van der Waals surface area contributed by atoms with Gasteiger partial charge < -0.3 is 0 Å². The van der Waals surface area contributed by atoms with Crippen molar-refractivity contribution in [3.63, 3.8) is 0 Å². The third-order valence-electron chi connectivity index (χ3n) is 2.83. The highest BCUT2D eigenvalue weighted by Crippen LogP contribution is 2.30. The Balaban J connectivity index is 3.93. The third kappa shape index (κ3) is 8.19. The van der Waals surface area contributed by atoms with Gasteiger partial charge in [-0.15, -0.1) is 0 Å². The first-order valence-electron chi connectivity index (χ1n) is 6.93. The monoisotopic (exact) mass is 230 g/mol. The van der Waals surface area contributed by atoms with Crippen molar-refractivity contribution in [3.8, 4) is 0 Å². The van der Waals surface area contributed by atoms with E-state index < -0.39 is 0 Å². The Bertz CT molecular complexity index is 96.5. The molecule has 1 heteroatoms. The van der Waals surface area contributed by atoms with Crippen LogP contribution in [0.2, 0.25) is 0 Å². The molecule has 0 amide bonds. The van der Waals surface area contributed by atoms with Gasteiger partial charge in [0.25, 0.3) is 0 Å². The van der Waals surface area contributed by atoms with E-state index in [1.54, 1.807) is 0 Å². The molecule has 0 atom stereocenters. The third-order valence-corrected chi connectivity index (χ3v) is 4.54. The van der Waals surface area contributed by atoms with Crippen molar-refractivity contribution in [1.29, 1.82) is 0 Å². The van der Waals surface area contributed by atoms with Crippen molar-refractivity contribution in [3.05, 3.63) is 0 Å². The lowest BCUT2D eigenvalue weighted by Crippen LogP contribution is -2.11. The Morgan fingerprint density at radius 3 is 1.07 bits per heavy atom. The van der Waals surface area contributed by atoms with Crippen molar-refractivity contribution in [1.82, 2.24) is 0 Å². The minimum atomic E-state index is 0.933. The molecule has 0 aliphatic heterocycles. The molecule has 0 aliphatic rings. The van der Waals surface area contributed by atoms with Crippen LogP contribution in [0.1, 0.15) is 79.1 Å². The summed E-state index contributed by atoms with van der Waals surface area (Å²) in [6.45, 7) is 9.27. The average molecular weight is 230 g/mol. The lowest BCUT2D eigenvalue weighted by atomic mass is 10.1. The Hall–Kier alpha value is 0.350. The second kappa shape index (κ2) is 10.9. The van der Waals surface area contributed by atoms with Crippen LogP contribution in [0.3, 0.4) is 0 Å². The number of thioether (sulfide) groups is 1. The highest BCUT2D eigenvalue weighted by atomic mass is 32.2. The maximum absolute atomic E-state index is 2.32. The molecule has 92 valence electrons. The van der Waals surface area contributed by atoms with Crippen molar-refractivity contribution in [2.45, 2.75) is 89.6 Å². The van der Waals surface area contributed by atoms with E-state index in [2.05, 4.69) is 39.5 Å². The maximum atomic E-state index is 2.32. The predicted molar refractivity (Wildman–Crippen MR) is 74.8 cm³/mol. The fraction of sp³-hybridized carbons (Fsp3) is 1.00. The summed E-state index contributed by atoms with van der Waals surface area (Å²) in [6.07, 6.45) is 11.1. The molecule has 15 heavy (non-hydrogen) atoms.